The van der Waals surface area contributed by atoms with Gasteiger partial charge in [0, 0.05) is 31.4 Å². The highest BCUT2D eigenvalue weighted by atomic mass is 35.5. The van der Waals surface area contributed by atoms with Gasteiger partial charge in [0.2, 0.25) is 0 Å². The first-order chi connectivity index (χ1) is 12.1. The van der Waals surface area contributed by atoms with E-state index in [4.69, 9.17) is 10.5 Å². The molecule has 1 aromatic carbocycles. The number of halogens is 1. The normalized spacial score (nSPS) is 16.5. The molecule has 1 fully saturated rings. The lowest BCUT2D eigenvalue weighted by atomic mass is 10.0. The second-order valence-electron chi connectivity index (χ2n) is 5.76. The number of benzene rings is 1. The number of carbonyl (C=O) groups is 2. The summed E-state index contributed by atoms with van der Waals surface area (Å²) in [6.07, 6.45) is 1.39. The first-order valence-electron chi connectivity index (χ1n) is 8.02. The van der Waals surface area contributed by atoms with Crippen molar-refractivity contribution in [2.75, 3.05) is 26.7 Å². The summed E-state index contributed by atoms with van der Waals surface area (Å²) in [5.74, 6) is -0.00908. The Morgan fingerprint density at radius 2 is 2.04 bits per heavy atom. The third kappa shape index (κ3) is 3.95. The summed E-state index contributed by atoms with van der Waals surface area (Å²) >= 11 is 0. The molecule has 2 aromatic rings. The van der Waals surface area contributed by atoms with Gasteiger partial charge in [-0.25, -0.2) is 0 Å². The Kier molecular flexibility index (Phi) is 6.54. The number of piperazine rings is 1. The van der Waals surface area contributed by atoms with E-state index in [2.05, 4.69) is 10.3 Å². The number of para-hydroxylation sites is 1. The Labute approximate surface area is 157 Å². The summed E-state index contributed by atoms with van der Waals surface area (Å²) in [6, 6.07) is 10.6. The summed E-state index contributed by atoms with van der Waals surface area (Å²) in [4.78, 5) is 29.9. The van der Waals surface area contributed by atoms with Crippen LogP contribution in [0.4, 0.5) is 0 Å². The highest BCUT2D eigenvalue weighted by molar-refractivity contribution is 5.96. The van der Waals surface area contributed by atoms with Gasteiger partial charge in [-0.1, -0.05) is 18.2 Å². The van der Waals surface area contributed by atoms with Gasteiger partial charge in [-0.05, 0) is 18.2 Å². The zero-order valence-corrected chi connectivity index (χ0v) is 15.2. The Morgan fingerprint density at radius 1 is 1.27 bits per heavy atom. The summed E-state index contributed by atoms with van der Waals surface area (Å²) in [7, 11) is 1.62. The topological polar surface area (TPSA) is 97.5 Å². The molecular weight excluding hydrogens is 356 g/mol. The maximum Gasteiger partial charge on any atom is 0.267 e. The maximum absolute atomic E-state index is 13.0. The number of aromatic nitrogens is 1. The van der Waals surface area contributed by atoms with Crippen LogP contribution in [-0.2, 0) is 0 Å². The number of nitrogens with two attached hydrogens (primary N) is 1. The van der Waals surface area contributed by atoms with Crippen molar-refractivity contribution >= 4 is 24.2 Å². The van der Waals surface area contributed by atoms with Gasteiger partial charge < -0.3 is 20.7 Å². The van der Waals surface area contributed by atoms with E-state index in [1.807, 2.05) is 24.3 Å². The molecule has 3 N–H and O–H groups in total. The summed E-state index contributed by atoms with van der Waals surface area (Å²) in [6.45, 7) is 1.92. The summed E-state index contributed by atoms with van der Waals surface area (Å²) < 4.78 is 5.44. The fourth-order valence-electron chi connectivity index (χ4n) is 3.00. The Balaban J connectivity index is 0.00000243. The molecule has 3 rings (SSSR count). The molecule has 1 saturated heterocycles. The van der Waals surface area contributed by atoms with Crippen LogP contribution in [0.25, 0.3) is 0 Å². The van der Waals surface area contributed by atoms with Crippen LogP contribution in [0, 0.1) is 0 Å². The predicted octanol–water partition coefficient (Wildman–Crippen LogP) is 1.40. The molecule has 0 spiro atoms. The lowest BCUT2D eigenvalue weighted by Gasteiger charge is -2.37. The minimum atomic E-state index is -0.618. The second kappa shape index (κ2) is 8.64. The molecule has 0 saturated carbocycles. The van der Waals surface area contributed by atoms with E-state index >= 15 is 0 Å². The molecule has 1 aromatic heterocycles. The van der Waals surface area contributed by atoms with Gasteiger partial charge in [0.05, 0.1) is 18.7 Å². The van der Waals surface area contributed by atoms with Crippen LogP contribution in [0.1, 0.15) is 32.5 Å². The standard InChI is InChI=1S/C18H20N4O3.ClH/c1-25-16-5-3-2-4-13(16)15-11-20-8-9-22(15)18(24)12-6-7-14(17(19)23)21-10-12;/h2-7,10,15,20H,8-9,11H2,1H3,(H2,19,23);1H. The van der Waals surface area contributed by atoms with E-state index in [0.717, 1.165) is 11.3 Å². The molecule has 1 unspecified atom stereocenters. The van der Waals surface area contributed by atoms with E-state index in [-0.39, 0.29) is 30.0 Å². The van der Waals surface area contributed by atoms with E-state index in [0.29, 0.717) is 25.2 Å². The van der Waals surface area contributed by atoms with Gasteiger partial charge in [-0.2, -0.15) is 0 Å². The van der Waals surface area contributed by atoms with Crippen molar-refractivity contribution in [3.8, 4) is 5.75 Å². The number of ether oxygens (including phenoxy) is 1. The number of rotatable bonds is 4. The number of nitrogens with zero attached hydrogens (tertiary/aromatic N) is 2. The monoisotopic (exact) mass is 376 g/mol. The van der Waals surface area contributed by atoms with Gasteiger partial charge in [-0.3, -0.25) is 14.6 Å². The zero-order valence-electron chi connectivity index (χ0n) is 14.3. The van der Waals surface area contributed by atoms with Crippen molar-refractivity contribution in [3.63, 3.8) is 0 Å². The Morgan fingerprint density at radius 3 is 2.69 bits per heavy atom. The first kappa shape index (κ1) is 19.7. The van der Waals surface area contributed by atoms with Crippen LogP contribution in [0.5, 0.6) is 5.75 Å². The number of hydrogen-bond acceptors (Lipinski definition) is 5. The molecule has 1 atom stereocenters. The SMILES string of the molecule is COc1ccccc1C1CNCCN1C(=O)c1ccc(C(N)=O)nc1.Cl. The highest BCUT2D eigenvalue weighted by Crippen LogP contribution is 2.31. The van der Waals surface area contributed by atoms with Crippen LogP contribution >= 0.6 is 12.4 Å². The van der Waals surface area contributed by atoms with Crippen molar-refractivity contribution in [2.24, 2.45) is 5.73 Å². The van der Waals surface area contributed by atoms with E-state index in [1.54, 1.807) is 18.1 Å². The molecule has 0 radical (unpaired) electrons. The molecule has 8 heteroatoms. The molecule has 2 amide bonds. The molecule has 0 bridgehead atoms. The average Bonchev–Trinajstić information content (AvgIpc) is 2.67. The molecule has 2 heterocycles. The largest absolute Gasteiger partial charge is 0.496 e. The zero-order chi connectivity index (χ0) is 17.8. The first-order valence-corrected chi connectivity index (χ1v) is 8.02. The van der Waals surface area contributed by atoms with Gasteiger partial charge >= 0.3 is 0 Å². The Bertz CT molecular complexity index is 782. The van der Waals surface area contributed by atoms with E-state index in [1.165, 1.54) is 12.3 Å². The van der Waals surface area contributed by atoms with Gasteiger partial charge in [0.15, 0.2) is 0 Å². The van der Waals surface area contributed by atoms with Crippen LogP contribution in [0.3, 0.4) is 0 Å². The van der Waals surface area contributed by atoms with Crippen LogP contribution in [0.2, 0.25) is 0 Å². The molecule has 1 aliphatic rings. The molecular formula is C18H21ClN4O3. The maximum atomic E-state index is 13.0. The number of carbonyl (C=O) groups excluding carboxylic acids is 2. The number of primary amides is 1. The third-order valence-electron chi connectivity index (χ3n) is 4.27. The molecule has 7 nitrogen and oxygen atoms in total. The van der Waals surface area contributed by atoms with Crippen molar-refractivity contribution in [1.82, 2.24) is 15.2 Å². The quantitative estimate of drug-likeness (QED) is 0.840. The minimum absolute atomic E-state index is 0. The van der Waals surface area contributed by atoms with Crippen molar-refractivity contribution in [2.45, 2.75) is 6.04 Å². The van der Waals surface area contributed by atoms with Crippen LogP contribution in [-0.4, -0.2) is 48.4 Å². The van der Waals surface area contributed by atoms with Gasteiger partial charge in [0.25, 0.3) is 11.8 Å². The van der Waals surface area contributed by atoms with Gasteiger partial charge in [0.1, 0.15) is 11.4 Å². The molecule has 138 valence electrons. The summed E-state index contributed by atoms with van der Waals surface area (Å²) in [5.41, 5.74) is 6.71. The van der Waals surface area contributed by atoms with Crippen LogP contribution < -0.4 is 15.8 Å². The third-order valence-corrected chi connectivity index (χ3v) is 4.27. The lowest BCUT2D eigenvalue weighted by Crippen LogP contribution is -2.48. The van der Waals surface area contributed by atoms with E-state index in [9.17, 15) is 9.59 Å². The lowest BCUT2D eigenvalue weighted by molar-refractivity contribution is 0.0631. The van der Waals surface area contributed by atoms with Crippen molar-refractivity contribution in [1.29, 1.82) is 0 Å². The van der Waals surface area contributed by atoms with Gasteiger partial charge in [-0.15, -0.1) is 12.4 Å². The number of methoxy groups -OCH3 is 1. The number of nitrogens with one attached hydrogen (secondary N) is 1. The number of pyridine rings is 1. The summed E-state index contributed by atoms with van der Waals surface area (Å²) in [5, 5.41) is 3.32. The molecule has 1 aliphatic heterocycles. The highest BCUT2D eigenvalue weighted by Gasteiger charge is 2.30. The number of hydrogen-bond donors (Lipinski definition) is 2. The fourth-order valence-corrected chi connectivity index (χ4v) is 3.00. The Hall–Kier alpha value is -2.64. The van der Waals surface area contributed by atoms with Crippen molar-refractivity contribution < 1.29 is 14.3 Å². The van der Waals surface area contributed by atoms with Crippen molar-refractivity contribution in [3.05, 3.63) is 59.4 Å². The smallest absolute Gasteiger partial charge is 0.267 e. The van der Waals surface area contributed by atoms with E-state index < -0.39 is 5.91 Å². The predicted molar refractivity (Wildman–Crippen MR) is 99.6 cm³/mol. The molecule has 26 heavy (non-hydrogen) atoms. The second-order valence-corrected chi connectivity index (χ2v) is 5.76. The molecule has 0 aliphatic carbocycles. The number of amides is 2. The fraction of sp³-hybridized carbons (Fsp3) is 0.278. The van der Waals surface area contributed by atoms with Crippen LogP contribution in [0.15, 0.2) is 42.6 Å². The minimum Gasteiger partial charge on any atom is -0.496 e. The average molecular weight is 377 g/mol.